The van der Waals surface area contributed by atoms with Crippen LogP contribution in [0.3, 0.4) is 0 Å². The number of carbonyl (C=O) groups excluding carboxylic acids is 1. The number of Topliss-reactive ketones (excluding diaryl/α,β-unsaturated/α-hetero) is 1. The van der Waals surface area contributed by atoms with Gasteiger partial charge >= 0.3 is 0 Å². The molecule has 2 heteroatoms. The van der Waals surface area contributed by atoms with Crippen LogP contribution >= 0.6 is 0 Å². The van der Waals surface area contributed by atoms with Crippen molar-refractivity contribution >= 4 is 11.5 Å². The number of benzene rings is 1. The Morgan fingerprint density at radius 2 is 1.65 bits per heavy atom. The fourth-order valence-electron chi connectivity index (χ4n) is 2.72. The normalized spacial score (nSPS) is 20.4. The van der Waals surface area contributed by atoms with Gasteiger partial charge in [0, 0.05) is 30.3 Å². The first-order valence-corrected chi connectivity index (χ1v) is 6.74. The molecular weight excluding hydrogens is 210 g/mol. The van der Waals surface area contributed by atoms with E-state index in [1.807, 2.05) is 12.1 Å². The third kappa shape index (κ3) is 2.08. The molecule has 0 bridgehead atoms. The Labute approximate surface area is 103 Å². The largest absolute Gasteiger partial charge is 0.372 e. The van der Waals surface area contributed by atoms with Crippen molar-refractivity contribution in [3.63, 3.8) is 0 Å². The predicted molar refractivity (Wildman–Crippen MR) is 69.6 cm³/mol. The number of hydrogen-bond acceptors (Lipinski definition) is 2. The lowest BCUT2D eigenvalue weighted by molar-refractivity contribution is 0.0855. The van der Waals surface area contributed by atoms with Gasteiger partial charge in [-0.2, -0.15) is 0 Å². The number of ketones is 1. The highest BCUT2D eigenvalue weighted by atomic mass is 16.1. The Morgan fingerprint density at radius 3 is 2.18 bits per heavy atom. The van der Waals surface area contributed by atoms with E-state index in [0.29, 0.717) is 11.7 Å². The van der Waals surface area contributed by atoms with Crippen LogP contribution in [-0.4, -0.2) is 18.9 Å². The van der Waals surface area contributed by atoms with E-state index < -0.39 is 0 Å². The first-order valence-electron chi connectivity index (χ1n) is 6.74. The lowest BCUT2D eigenvalue weighted by atomic mass is 9.80. The average Bonchev–Trinajstić information content (AvgIpc) is 2.80. The molecule has 1 aromatic rings. The van der Waals surface area contributed by atoms with Crippen molar-refractivity contribution in [2.24, 2.45) is 5.92 Å². The lowest BCUT2D eigenvalue weighted by Crippen LogP contribution is -2.22. The molecule has 1 aromatic carbocycles. The zero-order valence-electron chi connectivity index (χ0n) is 10.2. The first kappa shape index (κ1) is 10.8. The van der Waals surface area contributed by atoms with Gasteiger partial charge in [-0.1, -0.05) is 6.42 Å². The second-order valence-electron chi connectivity index (χ2n) is 5.23. The van der Waals surface area contributed by atoms with Gasteiger partial charge in [0.2, 0.25) is 0 Å². The van der Waals surface area contributed by atoms with Gasteiger partial charge < -0.3 is 4.90 Å². The van der Waals surface area contributed by atoms with E-state index in [1.165, 1.54) is 24.9 Å². The van der Waals surface area contributed by atoms with E-state index in [0.717, 1.165) is 31.5 Å². The van der Waals surface area contributed by atoms with Gasteiger partial charge in [-0.3, -0.25) is 4.79 Å². The number of hydrogen-bond donors (Lipinski definition) is 0. The van der Waals surface area contributed by atoms with Gasteiger partial charge in [0.05, 0.1) is 0 Å². The number of nitrogens with zero attached hydrogens (tertiary/aromatic N) is 1. The molecule has 17 heavy (non-hydrogen) atoms. The van der Waals surface area contributed by atoms with E-state index in [2.05, 4.69) is 17.0 Å². The summed E-state index contributed by atoms with van der Waals surface area (Å²) in [7, 11) is 0. The Hall–Kier alpha value is -1.31. The summed E-state index contributed by atoms with van der Waals surface area (Å²) in [6.45, 7) is 2.33. The minimum Gasteiger partial charge on any atom is -0.372 e. The highest BCUT2D eigenvalue weighted by molar-refractivity contribution is 5.98. The second kappa shape index (κ2) is 4.52. The third-order valence-electron chi connectivity index (χ3n) is 4.10. The standard InChI is InChI=1S/C15H19NO/c17-15(12-4-3-5-12)13-6-8-14(9-7-13)16-10-1-2-11-16/h6-9,12H,1-5,10-11H2. The number of anilines is 1. The van der Waals surface area contributed by atoms with Crippen LogP contribution in [0.5, 0.6) is 0 Å². The van der Waals surface area contributed by atoms with Gasteiger partial charge in [-0.25, -0.2) is 0 Å². The molecule has 1 aliphatic heterocycles. The van der Waals surface area contributed by atoms with E-state index >= 15 is 0 Å². The van der Waals surface area contributed by atoms with Gasteiger partial charge in [0.15, 0.2) is 5.78 Å². The van der Waals surface area contributed by atoms with E-state index in [4.69, 9.17) is 0 Å². The molecule has 1 heterocycles. The van der Waals surface area contributed by atoms with E-state index in [9.17, 15) is 4.79 Å². The van der Waals surface area contributed by atoms with Crippen molar-refractivity contribution in [2.75, 3.05) is 18.0 Å². The molecule has 90 valence electrons. The van der Waals surface area contributed by atoms with Crippen LogP contribution in [0.1, 0.15) is 42.5 Å². The molecule has 2 aliphatic rings. The van der Waals surface area contributed by atoms with Crippen molar-refractivity contribution in [3.05, 3.63) is 29.8 Å². The van der Waals surface area contributed by atoms with Crippen LogP contribution in [0.2, 0.25) is 0 Å². The molecule has 0 amide bonds. The average molecular weight is 229 g/mol. The smallest absolute Gasteiger partial charge is 0.165 e. The molecule has 0 aromatic heterocycles. The fourth-order valence-corrected chi connectivity index (χ4v) is 2.72. The van der Waals surface area contributed by atoms with Crippen molar-refractivity contribution in [1.82, 2.24) is 0 Å². The molecular formula is C15H19NO. The zero-order valence-corrected chi connectivity index (χ0v) is 10.2. The molecule has 0 unspecified atom stereocenters. The highest BCUT2D eigenvalue weighted by Gasteiger charge is 2.26. The van der Waals surface area contributed by atoms with E-state index in [-0.39, 0.29) is 0 Å². The molecule has 1 saturated heterocycles. The summed E-state index contributed by atoms with van der Waals surface area (Å²) in [5.74, 6) is 0.664. The number of carbonyl (C=O) groups is 1. The molecule has 2 fully saturated rings. The second-order valence-corrected chi connectivity index (χ2v) is 5.23. The van der Waals surface area contributed by atoms with Crippen LogP contribution in [0, 0.1) is 5.92 Å². The summed E-state index contributed by atoms with van der Waals surface area (Å²) in [5.41, 5.74) is 2.17. The van der Waals surface area contributed by atoms with Gasteiger partial charge in [0.1, 0.15) is 0 Å². The topological polar surface area (TPSA) is 20.3 Å². The lowest BCUT2D eigenvalue weighted by Gasteiger charge is -2.24. The van der Waals surface area contributed by atoms with Gasteiger partial charge in [-0.15, -0.1) is 0 Å². The zero-order chi connectivity index (χ0) is 11.7. The minimum absolute atomic E-state index is 0.313. The molecule has 0 N–H and O–H groups in total. The van der Waals surface area contributed by atoms with Crippen molar-refractivity contribution in [1.29, 1.82) is 0 Å². The predicted octanol–water partition coefficient (Wildman–Crippen LogP) is 3.27. The minimum atomic E-state index is 0.313. The maximum atomic E-state index is 12.0. The summed E-state index contributed by atoms with van der Waals surface area (Å²) >= 11 is 0. The summed E-state index contributed by atoms with van der Waals surface area (Å²) < 4.78 is 0. The van der Waals surface area contributed by atoms with Crippen LogP contribution < -0.4 is 4.90 Å². The monoisotopic (exact) mass is 229 g/mol. The summed E-state index contributed by atoms with van der Waals surface area (Å²) in [6.07, 6.45) is 5.99. The maximum Gasteiger partial charge on any atom is 0.165 e. The first-order chi connectivity index (χ1) is 8.34. The summed E-state index contributed by atoms with van der Waals surface area (Å²) in [5, 5.41) is 0. The third-order valence-corrected chi connectivity index (χ3v) is 4.10. The molecule has 1 aliphatic carbocycles. The Kier molecular flexibility index (Phi) is 2.87. The molecule has 0 radical (unpaired) electrons. The van der Waals surface area contributed by atoms with Crippen LogP contribution in [-0.2, 0) is 0 Å². The van der Waals surface area contributed by atoms with Gasteiger partial charge in [0.25, 0.3) is 0 Å². The molecule has 3 rings (SSSR count). The Bertz CT molecular complexity index is 399. The van der Waals surface area contributed by atoms with Crippen molar-refractivity contribution < 1.29 is 4.79 Å². The number of rotatable bonds is 3. The summed E-state index contributed by atoms with van der Waals surface area (Å²) in [6, 6.07) is 8.23. The molecule has 1 saturated carbocycles. The maximum absolute atomic E-state index is 12.0. The summed E-state index contributed by atoms with van der Waals surface area (Å²) in [4.78, 5) is 14.4. The Balaban J connectivity index is 1.72. The quantitative estimate of drug-likeness (QED) is 0.741. The van der Waals surface area contributed by atoms with Gasteiger partial charge in [-0.05, 0) is 49.9 Å². The van der Waals surface area contributed by atoms with Crippen LogP contribution in [0.4, 0.5) is 5.69 Å². The van der Waals surface area contributed by atoms with Crippen molar-refractivity contribution in [2.45, 2.75) is 32.1 Å². The molecule has 0 atom stereocenters. The molecule has 2 nitrogen and oxygen atoms in total. The Morgan fingerprint density at radius 1 is 1.00 bits per heavy atom. The van der Waals surface area contributed by atoms with Crippen LogP contribution in [0.15, 0.2) is 24.3 Å². The van der Waals surface area contributed by atoms with Crippen molar-refractivity contribution in [3.8, 4) is 0 Å². The van der Waals surface area contributed by atoms with Crippen LogP contribution in [0.25, 0.3) is 0 Å². The SMILES string of the molecule is O=C(c1ccc(N2CCCC2)cc1)C1CCC1. The highest BCUT2D eigenvalue weighted by Crippen LogP contribution is 2.30. The fraction of sp³-hybridized carbons (Fsp3) is 0.533. The molecule has 0 spiro atoms. The van der Waals surface area contributed by atoms with E-state index in [1.54, 1.807) is 0 Å².